The number of hydrogen-bond acceptors (Lipinski definition) is 6. The zero-order valence-corrected chi connectivity index (χ0v) is 16.7. The van der Waals surface area contributed by atoms with E-state index in [0.717, 1.165) is 17.3 Å². The second-order valence-electron chi connectivity index (χ2n) is 6.26. The number of nitrogens with zero attached hydrogens (tertiary/aromatic N) is 3. The molecule has 1 N–H and O–H groups in total. The maximum absolute atomic E-state index is 12.7. The van der Waals surface area contributed by atoms with E-state index in [1.165, 1.54) is 17.0 Å². The molecule has 1 saturated heterocycles. The number of carbonyl (C=O) groups is 2. The normalized spacial score (nSPS) is 16.1. The molecule has 0 bridgehead atoms. The fourth-order valence-corrected chi connectivity index (χ4v) is 3.60. The largest absolute Gasteiger partial charge is 0.281 e. The van der Waals surface area contributed by atoms with Gasteiger partial charge in [-0.2, -0.15) is 0 Å². The van der Waals surface area contributed by atoms with Crippen LogP contribution >= 0.6 is 11.8 Å². The topological polar surface area (TPSA) is 105 Å². The summed E-state index contributed by atoms with van der Waals surface area (Å²) in [5.41, 5.74) is 3.95. The summed E-state index contributed by atoms with van der Waals surface area (Å²) in [6, 6.07) is 15.1. The molecule has 0 spiro atoms. The van der Waals surface area contributed by atoms with E-state index >= 15 is 0 Å². The van der Waals surface area contributed by atoms with E-state index < -0.39 is 4.92 Å². The third-order valence-electron chi connectivity index (χ3n) is 4.09. The van der Waals surface area contributed by atoms with Crippen LogP contribution in [0.3, 0.4) is 0 Å². The molecule has 1 fully saturated rings. The standard InChI is InChI=1S/C21H18N4O4S/c1-2-12-24-20(27)18(13-16-8-10-17(11-9-16)25(28)29)30-21(24)23-22-19(26)14-15-6-4-3-5-7-15/h2-11,13H,1,12,14H2,(H,22,26)/b18-13-,23-21+. The fraction of sp³-hybridized carbons (Fsp3) is 0.0952. The van der Waals surface area contributed by atoms with Gasteiger partial charge in [-0.15, -0.1) is 11.7 Å². The molecule has 0 unspecified atom stereocenters. The number of amidine groups is 1. The van der Waals surface area contributed by atoms with Gasteiger partial charge in [0.1, 0.15) is 0 Å². The number of rotatable bonds is 7. The Morgan fingerprint density at radius 3 is 2.53 bits per heavy atom. The van der Waals surface area contributed by atoms with Crippen molar-refractivity contribution in [2.45, 2.75) is 6.42 Å². The maximum atomic E-state index is 12.7. The number of nitrogens with one attached hydrogen (secondary N) is 1. The van der Waals surface area contributed by atoms with Crippen LogP contribution in [0.4, 0.5) is 5.69 Å². The molecule has 2 aromatic carbocycles. The molecular formula is C21H18N4O4S. The van der Waals surface area contributed by atoms with E-state index in [4.69, 9.17) is 0 Å². The van der Waals surface area contributed by atoms with Crippen LogP contribution in [0.25, 0.3) is 6.08 Å². The molecule has 1 aliphatic rings. The predicted octanol–water partition coefficient (Wildman–Crippen LogP) is 3.33. The molecule has 1 heterocycles. The quantitative estimate of drug-likeness (QED) is 0.319. The summed E-state index contributed by atoms with van der Waals surface area (Å²) in [5.74, 6) is -0.581. The minimum atomic E-state index is -0.485. The number of hydrazone groups is 1. The van der Waals surface area contributed by atoms with E-state index in [1.807, 2.05) is 30.3 Å². The van der Waals surface area contributed by atoms with Crippen LogP contribution in [0.1, 0.15) is 11.1 Å². The van der Waals surface area contributed by atoms with E-state index in [-0.39, 0.29) is 30.5 Å². The SMILES string of the molecule is C=CCN1C(=O)/C(=C/c2ccc([N+](=O)[O-])cc2)S/C1=N/NC(=O)Cc1ccccc1. The summed E-state index contributed by atoms with van der Waals surface area (Å²) in [6.07, 6.45) is 3.36. The van der Waals surface area contributed by atoms with Crippen LogP contribution in [-0.4, -0.2) is 33.3 Å². The molecule has 1 aliphatic heterocycles. The molecule has 8 nitrogen and oxygen atoms in total. The number of nitro groups is 1. The van der Waals surface area contributed by atoms with Crippen LogP contribution in [0.2, 0.25) is 0 Å². The fourth-order valence-electron chi connectivity index (χ4n) is 2.66. The van der Waals surface area contributed by atoms with Crippen molar-refractivity contribution in [1.29, 1.82) is 0 Å². The van der Waals surface area contributed by atoms with Crippen molar-refractivity contribution in [3.63, 3.8) is 0 Å². The number of amides is 2. The van der Waals surface area contributed by atoms with Gasteiger partial charge >= 0.3 is 0 Å². The number of thioether (sulfide) groups is 1. The van der Waals surface area contributed by atoms with Crippen LogP contribution in [-0.2, 0) is 16.0 Å². The Morgan fingerprint density at radius 2 is 1.90 bits per heavy atom. The number of carbonyl (C=O) groups excluding carboxylic acids is 2. The van der Waals surface area contributed by atoms with Crippen molar-refractivity contribution in [2.75, 3.05) is 6.54 Å². The smallest absolute Gasteiger partial charge is 0.269 e. The van der Waals surface area contributed by atoms with Crippen molar-refractivity contribution < 1.29 is 14.5 Å². The molecule has 2 amide bonds. The van der Waals surface area contributed by atoms with Crippen molar-refractivity contribution >= 4 is 40.5 Å². The van der Waals surface area contributed by atoms with Crippen molar-refractivity contribution in [3.8, 4) is 0 Å². The van der Waals surface area contributed by atoms with Gasteiger partial charge in [-0.25, -0.2) is 5.43 Å². The molecule has 0 saturated carbocycles. The minimum absolute atomic E-state index is 0.0285. The molecule has 0 radical (unpaired) electrons. The molecule has 3 rings (SSSR count). The first-order chi connectivity index (χ1) is 14.5. The number of nitro benzene ring substituents is 1. The van der Waals surface area contributed by atoms with Gasteiger partial charge in [-0.1, -0.05) is 36.4 Å². The lowest BCUT2D eigenvalue weighted by molar-refractivity contribution is -0.384. The van der Waals surface area contributed by atoms with Crippen molar-refractivity contribution in [2.24, 2.45) is 5.10 Å². The molecule has 152 valence electrons. The first kappa shape index (κ1) is 21.0. The highest BCUT2D eigenvalue weighted by atomic mass is 32.2. The summed E-state index contributed by atoms with van der Waals surface area (Å²) in [7, 11) is 0. The lowest BCUT2D eigenvalue weighted by Crippen LogP contribution is -2.31. The lowest BCUT2D eigenvalue weighted by atomic mass is 10.1. The number of non-ortho nitro benzene ring substituents is 1. The van der Waals surface area contributed by atoms with E-state index in [9.17, 15) is 19.7 Å². The second kappa shape index (κ2) is 9.66. The third-order valence-corrected chi connectivity index (χ3v) is 5.09. The van der Waals surface area contributed by atoms with Crippen LogP contribution < -0.4 is 5.43 Å². The lowest BCUT2D eigenvalue weighted by Gasteiger charge is -2.12. The molecule has 0 aromatic heterocycles. The molecular weight excluding hydrogens is 404 g/mol. The van der Waals surface area contributed by atoms with Crippen molar-refractivity contribution in [1.82, 2.24) is 10.3 Å². The average molecular weight is 422 g/mol. The average Bonchev–Trinajstić information content (AvgIpc) is 3.03. The van der Waals surface area contributed by atoms with Gasteiger partial charge in [0, 0.05) is 18.7 Å². The molecule has 0 aliphatic carbocycles. The van der Waals surface area contributed by atoms with Crippen molar-refractivity contribution in [3.05, 3.63) is 93.4 Å². The predicted molar refractivity (Wildman–Crippen MR) is 116 cm³/mol. The zero-order valence-electron chi connectivity index (χ0n) is 15.9. The summed E-state index contributed by atoms with van der Waals surface area (Å²) in [4.78, 5) is 36.9. The second-order valence-corrected chi connectivity index (χ2v) is 7.26. The van der Waals surface area contributed by atoms with Gasteiger partial charge in [-0.3, -0.25) is 24.6 Å². The van der Waals surface area contributed by atoms with Crippen LogP contribution in [0.5, 0.6) is 0 Å². The van der Waals surface area contributed by atoms with Gasteiger partial charge in [0.05, 0.1) is 16.2 Å². The van der Waals surface area contributed by atoms with Crippen LogP contribution in [0.15, 0.2) is 77.3 Å². The third kappa shape index (κ3) is 5.21. The summed E-state index contributed by atoms with van der Waals surface area (Å²) in [5, 5.41) is 15.2. The Balaban J connectivity index is 1.74. The number of benzene rings is 2. The van der Waals surface area contributed by atoms with Gasteiger partial charge in [-0.05, 0) is 41.1 Å². The molecule has 30 heavy (non-hydrogen) atoms. The summed E-state index contributed by atoms with van der Waals surface area (Å²) >= 11 is 1.11. The molecule has 2 aromatic rings. The van der Waals surface area contributed by atoms with Gasteiger partial charge in [0.25, 0.3) is 11.6 Å². The van der Waals surface area contributed by atoms with E-state index in [1.54, 1.807) is 24.3 Å². The zero-order chi connectivity index (χ0) is 21.5. The Morgan fingerprint density at radius 1 is 1.20 bits per heavy atom. The summed E-state index contributed by atoms with van der Waals surface area (Å²) < 4.78 is 0. The maximum Gasteiger partial charge on any atom is 0.269 e. The first-order valence-electron chi connectivity index (χ1n) is 8.95. The van der Waals surface area contributed by atoms with Gasteiger partial charge in [0.2, 0.25) is 5.91 Å². The van der Waals surface area contributed by atoms with E-state index in [2.05, 4.69) is 17.1 Å². The molecule has 9 heteroatoms. The van der Waals surface area contributed by atoms with Crippen LogP contribution in [0, 0.1) is 10.1 Å². The Kier molecular flexibility index (Phi) is 6.76. The minimum Gasteiger partial charge on any atom is -0.281 e. The number of hydrogen-bond donors (Lipinski definition) is 1. The van der Waals surface area contributed by atoms with E-state index in [0.29, 0.717) is 15.6 Å². The molecule has 0 atom stereocenters. The summed E-state index contributed by atoms with van der Waals surface area (Å²) in [6.45, 7) is 3.88. The first-order valence-corrected chi connectivity index (χ1v) is 9.77. The highest BCUT2D eigenvalue weighted by molar-refractivity contribution is 8.18. The Bertz CT molecular complexity index is 1030. The van der Waals surface area contributed by atoms with Gasteiger partial charge < -0.3 is 0 Å². The Hall–Kier alpha value is -3.72. The highest BCUT2D eigenvalue weighted by Gasteiger charge is 2.32. The van der Waals surface area contributed by atoms with Gasteiger partial charge in [0.15, 0.2) is 5.17 Å². The highest BCUT2D eigenvalue weighted by Crippen LogP contribution is 2.32. The Labute approximate surface area is 177 Å². The monoisotopic (exact) mass is 422 g/mol.